The standard InChI is InChI=1S/C17H29N7O2/c1-13(2)15(18)16(26)22-12-14(25)19-6-7-23-8-10-24(11-9-23)17-20-4-3-5-21-17/h3-5,13,15H,6-12,18H2,1-2H3,(H,19,25)(H,22,26)/t15-/m0/s1. The molecule has 26 heavy (non-hydrogen) atoms. The van der Waals surface area contributed by atoms with Gasteiger partial charge in [-0.15, -0.1) is 0 Å². The van der Waals surface area contributed by atoms with Crippen molar-refractivity contribution in [1.82, 2.24) is 25.5 Å². The van der Waals surface area contributed by atoms with Gasteiger partial charge in [0.2, 0.25) is 17.8 Å². The molecule has 9 heteroatoms. The topological polar surface area (TPSA) is 116 Å². The number of hydrogen-bond acceptors (Lipinski definition) is 7. The molecule has 4 N–H and O–H groups in total. The highest BCUT2D eigenvalue weighted by atomic mass is 16.2. The molecule has 2 heterocycles. The summed E-state index contributed by atoms with van der Waals surface area (Å²) in [6.07, 6.45) is 3.49. The molecule has 2 amide bonds. The quantitative estimate of drug-likeness (QED) is 0.532. The van der Waals surface area contributed by atoms with Crippen LogP contribution in [0.15, 0.2) is 18.5 Å². The van der Waals surface area contributed by atoms with E-state index in [0.29, 0.717) is 6.54 Å². The summed E-state index contributed by atoms with van der Waals surface area (Å²) in [5.41, 5.74) is 5.73. The Morgan fingerprint density at radius 1 is 1.15 bits per heavy atom. The average Bonchev–Trinajstić information content (AvgIpc) is 2.66. The summed E-state index contributed by atoms with van der Waals surface area (Å²) in [5, 5.41) is 5.39. The zero-order valence-corrected chi connectivity index (χ0v) is 15.5. The number of nitrogens with two attached hydrogens (primary N) is 1. The van der Waals surface area contributed by atoms with E-state index < -0.39 is 6.04 Å². The lowest BCUT2D eigenvalue weighted by Gasteiger charge is -2.34. The molecule has 0 radical (unpaired) electrons. The fraction of sp³-hybridized carbons (Fsp3) is 0.647. The van der Waals surface area contributed by atoms with Crippen LogP contribution in [0.2, 0.25) is 0 Å². The smallest absolute Gasteiger partial charge is 0.239 e. The van der Waals surface area contributed by atoms with Gasteiger partial charge in [0.15, 0.2) is 0 Å². The fourth-order valence-electron chi connectivity index (χ4n) is 2.63. The Morgan fingerprint density at radius 2 is 1.81 bits per heavy atom. The summed E-state index contributed by atoms with van der Waals surface area (Å²) in [6.45, 7) is 8.53. The lowest BCUT2D eigenvalue weighted by atomic mass is 10.1. The highest BCUT2D eigenvalue weighted by Crippen LogP contribution is 2.08. The van der Waals surface area contributed by atoms with Crippen LogP contribution in [0, 0.1) is 5.92 Å². The number of hydrogen-bond donors (Lipinski definition) is 3. The number of anilines is 1. The predicted molar refractivity (Wildman–Crippen MR) is 99.5 cm³/mol. The maximum Gasteiger partial charge on any atom is 0.239 e. The van der Waals surface area contributed by atoms with E-state index in [0.717, 1.165) is 38.7 Å². The number of amides is 2. The van der Waals surface area contributed by atoms with E-state index in [-0.39, 0.29) is 24.3 Å². The number of nitrogens with zero attached hydrogens (tertiary/aromatic N) is 4. The Labute approximate surface area is 154 Å². The second kappa shape index (κ2) is 10.0. The first-order valence-electron chi connectivity index (χ1n) is 9.01. The van der Waals surface area contributed by atoms with Gasteiger partial charge < -0.3 is 21.3 Å². The highest BCUT2D eigenvalue weighted by molar-refractivity contribution is 5.87. The molecule has 1 atom stereocenters. The van der Waals surface area contributed by atoms with Crippen molar-refractivity contribution in [3.63, 3.8) is 0 Å². The molecule has 1 aliphatic rings. The van der Waals surface area contributed by atoms with Crippen LogP contribution in [0.25, 0.3) is 0 Å². The Hall–Kier alpha value is -2.26. The van der Waals surface area contributed by atoms with E-state index in [9.17, 15) is 9.59 Å². The summed E-state index contributed by atoms with van der Waals surface area (Å²) in [4.78, 5) is 36.5. The second-order valence-corrected chi connectivity index (χ2v) is 6.72. The number of carbonyl (C=O) groups excluding carboxylic acids is 2. The van der Waals surface area contributed by atoms with Gasteiger partial charge in [0, 0.05) is 51.7 Å². The summed E-state index contributed by atoms with van der Waals surface area (Å²) >= 11 is 0. The zero-order chi connectivity index (χ0) is 18.9. The molecule has 1 aromatic rings. The van der Waals surface area contributed by atoms with Gasteiger partial charge in [-0.05, 0) is 12.0 Å². The molecule has 1 aliphatic heterocycles. The molecule has 0 saturated carbocycles. The highest BCUT2D eigenvalue weighted by Gasteiger charge is 2.19. The van der Waals surface area contributed by atoms with Crippen LogP contribution in [0.4, 0.5) is 5.95 Å². The molecule has 0 spiro atoms. The molecule has 0 bridgehead atoms. The molecule has 0 aromatic carbocycles. The monoisotopic (exact) mass is 363 g/mol. The van der Waals surface area contributed by atoms with Gasteiger partial charge in [-0.1, -0.05) is 13.8 Å². The molecule has 0 aliphatic carbocycles. The van der Waals surface area contributed by atoms with E-state index in [1.165, 1.54) is 0 Å². The first-order chi connectivity index (χ1) is 12.5. The van der Waals surface area contributed by atoms with Gasteiger partial charge >= 0.3 is 0 Å². The minimum absolute atomic E-state index is 0.0398. The number of rotatable bonds is 8. The predicted octanol–water partition coefficient (Wildman–Crippen LogP) is -1.19. The molecule has 2 rings (SSSR count). The first kappa shape index (κ1) is 20.1. The SMILES string of the molecule is CC(C)[C@H](N)C(=O)NCC(=O)NCCN1CCN(c2ncccn2)CC1. The van der Waals surface area contributed by atoms with E-state index in [1.807, 2.05) is 13.8 Å². The van der Waals surface area contributed by atoms with Gasteiger partial charge in [-0.3, -0.25) is 14.5 Å². The van der Waals surface area contributed by atoms with Crippen molar-refractivity contribution in [3.05, 3.63) is 18.5 Å². The Morgan fingerprint density at radius 3 is 2.42 bits per heavy atom. The Kier molecular flexibility index (Phi) is 7.73. The Bertz CT molecular complexity index is 574. The van der Waals surface area contributed by atoms with Gasteiger partial charge in [-0.2, -0.15) is 0 Å². The summed E-state index contributed by atoms with van der Waals surface area (Å²) < 4.78 is 0. The Balaban J connectivity index is 1.59. The van der Waals surface area contributed by atoms with Crippen molar-refractivity contribution in [2.75, 3.05) is 50.7 Å². The maximum absolute atomic E-state index is 11.8. The molecular weight excluding hydrogens is 334 g/mol. The van der Waals surface area contributed by atoms with Crippen molar-refractivity contribution in [2.24, 2.45) is 11.7 Å². The molecule has 1 aromatic heterocycles. The fourth-order valence-corrected chi connectivity index (χ4v) is 2.63. The third-order valence-corrected chi connectivity index (χ3v) is 4.40. The van der Waals surface area contributed by atoms with Crippen LogP contribution in [0.5, 0.6) is 0 Å². The van der Waals surface area contributed by atoms with Gasteiger partial charge in [0.1, 0.15) is 0 Å². The normalized spacial score (nSPS) is 16.4. The first-order valence-corrected chi connectivity index (χ1v) is 9.01. The minimum atomic E-state index is -0.590. The minimum Gasteiger partial charge on any atom is -0.353 e. The van der Waals surface area contributed by atoms with Crippen molar-refractivity contribution in [3.8, 4) is 0 Å². The number of aromatic nitrogens is 2. The largest absolute Gasteiger partial charge is 0.353 e. The molecule has 1 fully saturated rings. The van der Waals surface area contributed by atoms with Crippen molar-refractivity contribution >= 4 is 17.8 Å². The van der Waals surface area contributed by atoms with E-state index in [2.05, 4.69) is 30.4 Å². The molecule has 1 saturated heterocycles. The summed E-state index contributed by atoms with van der Waals surface area (Å²) in [6, 6.07) is 1.22. The van der Waals surface area contributed by atoms with Crippen molar-refractivity contribution < 1.29 is 9.59 Å². The van der Waals surface area contributed by atoms with Gasteiger partial charge in [-0.25, -0.2) is 9.97 Å². The average molecular weight is 363 g/mol. The molecule has 0 unspecified atom stereocenters. The third-order valence-electron chi connectivity index (χ3n) is 4.40. The zero-order valence-electron chi connectivity index (χ0n) is 15.5. The second-order valence-electron chi connectivity index (χ2n) is 6.72. The lowest BCUT2D eigenvalue weighted by Crippen LogP contribution is -2.50. The number of carbonyl (C=O) groups is 2. The maximum atomic E-state index is 11.8. The van der Waals surface area contributed by atoms with Gasteiger partial charge in [0.05, 0.1) is 12.6 Å². The van der Waals surface area contributed by atoms with E-state index in [1.54, 1.807) is 18.5 Å². The van der Waals surface area contributed by atoms with Crippen molar-refractivity contribution in [1.29, 1.82) is 0 Å². The lowest BCUT2D eigenvalue weighted by molar-refractivity contribution is -0.127. The van der Waals surface area contributed by atoms with Crippen LogP contribution in [-0.2, 0) is 9.59 Å². The summed E-state index contributed by atoms with van der Waals surface area (Å²) in [7, 11) is 0. The van der Waals surface area contributed by atoms with E-state index >= 15 is 0 Å². The van der Waals surface area contributed by atoms with Crippen LogP contribution in [0.1, 0.15) is 13.8 Å². The van der Waals surface area contributed by atoms with Gasteiger partial charge in [0.25, 0.3) is 0 Å². The molecule has 144 valence electrons. The molecule has 9 nitrogen and oxygen atoms in total. The van der Waals surface area contributed by atoms with E-state index in [4.69, 9.17) is 5.73 Å². The number of piperazine rings is 1. The summed E-state index contributed by atoms with van der Waals surface area (Å²) in [5.74, 6) is 0.300. The number of nitrogens with one attached hydrogen (secondary N) is 2. The third kappa shape index (κ3) is 6.23. The van der Waals surface area contributed by atoms with Crippen LogP contribution < -0.4 is 21.3 Å². The van der Waals surface area contributed by atoms with Crippen LogP contribution in [-0.4, -0.2) is 78.5 Å². The molecular formula is C17H29N7O2. The van der Waals surface area contributed by atoms with Crippen molar-refractivity contribution in [2.45, 2.75) is 19.9 Å². The van der Waals surface area contributed by atoms with Crippen LogP contribution >= 0.6 is 0 Å². The van der Waals surface area contributed by atoms with Crippen LogP contribution in [0.3, 0.4) is 0 Å².